The average molecular weight is 176 g/mol. The first kappa shape index (κ1) is 11.5. The molecule has 0 spiro atoms. The van der Waals surface area contributed by atoms with Crippen molar-refractivity contribution in [3.63, 3.8) is 0 Å². The molecule has 0 aromatic heterocycles. The molecule has 0 aliphatic heterocycles. The van der Waals surface area contributed by atoms with Crippen LogP contribution in [0.25, 0.3) is 0 Å². The Morgan fingerprint density at radius 1 is 1.31 bits per heavy atom. The van der Waals surface area contributed by atoms with E-state index in [2.05, 4.69) is 6.58 Å². The fraction of sp³-hybridized carbons (Fsp3) is 0.167. The van der Waals surface area contributed by atoms with Gasteiger partial charge in [0.05, 0.1) is 0 Å². The van der Waals surface area contributed by atoms with E-state index in [-0.39, 0.29) is 0 Å². The summed E-state index contributed by atoms with van der Waals surface area (Å²) in [6.45, 7) is 7.29. The summed E-state index contributed by atoms with van der Waals surface area (Å²) in [4.78, 5) is 0. The van der Waals surface area contributed by atoms with Crippen LogP contribution in [0.2, 0.25) is 0 Å². The van der Waals surface area contributed by atoms with Gasteiger partial charge < -0.3 is 5.11 Å². The molecule has 1 heteroatoms. The van der Waals surface area contributed by atoms with E-state index in [1.54, 1.807) is 12.1 Å². The molecule has 0 radical (unpaired) electrons. The molecular formula is C12H16O. The highest BCUT2D eigenvalue weighted by Gasteiger charge is 1.86. The van der Waals surface area contributed by atoms with Gasteiger partial charge in [0, 0.05) is 0 Å². The van der Waals surface area contributed by atoms with E-state index < -0.39 is 0 Å². The molecule has 70 valence electrons. The second-order valence-electron chi connectivity index (χ2n) is 2.55. The predicted octanol–water partition coefficient (Wildman–Crippen LogP) is 3.45. The molecule has 1 aromatic carbocycles. The van der Waals surface area contributed by atoms with E-state index in [1.165, 1.54) is 0 Å². The lowest BCUT2D eigenvalue weighted by Crippen LogP contribution is -1.68. The van der Waals surface area contributed by atoms with Crippen LogP contribution in [0, 0.1) is 6.92 Å². The fourth-order valence-electron chi connectivity index (χ4n) is 0.700. The van der Waals surface area contributed by atoms with E-state index in [0.717, 1.165) is 5.56 Å². The molecule has 0 bridgehead atoms. The van der Waals surface area contributed by atoms with Gasteiger partial charge in [-0.15, -0.1) is 0 Å². The SMILES string of the molecule is C=CC=CC.Cc1ccccc1O. The van der Waals surface area contributed by atoms with E-state index in [9.17, 15) is 0 Å². The molecule has 0 heterocycles. The maximum Gasteiger partial charge on any atom is 0.118 e. The first-order chi connectivity index (χ1) is 6.22. The number of hydrogen-bond donors (Lipinski definition) is 1. The number of hydrogen-bond acceptors (Lipinski definition) is 1. The van der Waals surface area contributed by atoms with E-state index in [1.807, 2.05) is 44.2 Å². The van der Waals surface area contributed by atoms with Crippen LogP contribution in [0.5, 0.6) is 5.75 Å². The monoisotopic (exact) mass is 176 g/mol. The highest BCUT2D eigenvalue weighted by Crippen LogP contribution is 2.12. The van der Waals surface area contributed by atoms with Crippen molar-refractivity contribution in [1.82, 2.24) is 0 Å². The van der Waals surface area contributed by atoms with Crippen LogP contribution in [0.1, 0.15) is 12.5 Å². The van der Waals surface area contributed by atoms with Crippen LogP contribution < -0.4 is 0 Å². The summed E-state index contributed by atoms with van der Waals surface area (Å²) in [5.74, 6) is 0.368. The van der Waals surface area contributed by atoms with Gasteiger partial charge in [0.25, 0.3) is 0 Å². The minimum Gasteiger partial charge on any atom is -0.508 e. The normalized spacial score (nSPS) is 9.08. The van der Waals surface area contributed by atoms with Crippen molar-refractivity contribution < 1.29 is 5.11 Å². The molecule has 0 unspecified atom stereocenters. The number of phenols is 1. The van der Waals surface area contributed by atoms with Crippen molar-refractivity contribution in [2.75, 3.05) is 0 Å². The van der Waals surface area contributed by atoms with Crippen molar-refractivity contribution >= 4 is 0 Å². The van der Waals surface area contributed by atoms with Crippen LogP contribution in [0.4, 0.5) is 0 Å². The Hall–Kier alpha value is -1.50. The van der Waals surface area contributed by atoms with Gasteiger partial charge in [-0.2, -0.15) is 0 Å². The van der Waals surface area contributed by atoms with Gasteiger partial charge in [0.15, 0.2) is 0 Å². The topological polar surface area (TPSA) is 20.2 Å². The third-order valence-corrected chi connectivity index (χ3v) is 1.44. The summed E-state index contributed by atoms with van der Waals surface area (Å²) in [5, 5.41) is 8.92. The Morgan fingerprint density at radius 2 is 1.92 bits per heavy atom. The molecule has 0 aliphatic rings. The van der Waals surface area contributed by atoms with Gasteiger partial charge in [0.2, 0.25) is 0 Å². The summed E-state index contributed by atoms with van der Waals surface area (Å²) in [7, 11) is 0. The lowest BCUT2D eigenvalue weighted by atomic mass is 10.2. The van der Waals surface area contributed by atoms with Gasteiger partial charge in [-0.05, 0) is 25.5 Å². The van der Waals surface area contributed by atoms with Gasteiger partial charge in [-0.3, -0.25) is 0 Å². The second kappa shape index (κ2) is 7.17. The average Bonchev–Trinajstić information content (AvgIpc) is 2.13. The van der Waals surface area contributed by atoms with Gasteiger partial charge in [-0.1, -0.05) is 43.0 Å². The van der Waals surface area contributed by atoms with Gasteiger partial charge in [-0.25, -0.2) is 0 Å². The number of benzene rings is 1. The molecule has 1 nitrogen and oxygen atoms in total. The van der Waals surface area contributed by atoms with E-state index in [4.69, 9.17) is 5.11 Å². The summed E-state index contributed by atoms with van der Waals surface area (Å²) in [5.41, 5.74) is 0.924. The standard InChI is InChI=1S/C7H8O.C5H8/c1-6-4-2-3-5-7(6)8;1-3-5-4-2/h2-5,8H,1H3;3-5H,1H2,2H3. The second-order valence-corrected chi connectivity index (χ2v) is 2.55. The van der Waals surface area contributed by atoms with E-state index in [0.29, 0.717) is 5.75 Å². The lowest BCUT2D eigenvalue weighted by Gasteiger charge is -1.92. The van der Waals surface area contributed by atoms with Crippen molar-refractivity contribution in [2.45, 2.75) is 13.8 Å². The van der Waals surface area contributed by atoms with Crippen molar-refractivity contribution in [1.29, 1.82) is 0 Å². The smallest absolute Gasteiger partial charge is 0.118 e. The quantitative estimate of drug-likeness (QED) is 0.650. The Kier molecular flexibility index (Phi) is 6.34. The summed E-state index contributed by atoms with van der Waals surface area (Å²) in [6, 6.07) is 7.25. The highest BCUT2D eigenvalue weighted by atomic mass is 16.3. The molecule has 13 heavy (non-hydrogen) atoms. The molecule has 0 amide bonds. The summed E-state index contributed by atoms with van der Waals surface area (Å²) < 4.78 is 0. The highest BCUT2D eigenvalue weighted by molar-refractivity contribution is 5.29. The minimum atomic E-state index is 0.368. The maximum absolute atomic E-state index is 8.92. The molecular weight excluding hydrogens is 160 g/mol. The Balaban J connectivity index is 0.000000252. The number of para-hydroxylation sites is 1. The third-order valence-electron chi connectivity index (χ3n) is 1.44. The number of allylic oxidation sites excluding steroid dienone is 3. The largest absolute Gasteiger partial charge is 0.508 e. The molecule has 0 atom stereocenters. The Labute approximate surface area is 80.0 Å². The number of aryl methyl sites for hydroxylation is 1. The zero-order chi connectivity index (χ0) is 10.1. The molecule has 0 aliphatic carbocycles. The molecule has 0 saturated carbocycles. The summed E-state index contributed by atoms with van der Waals surface area (Å²) >= 11 is 0. The van der Waals surface area contributed by atoms with Crippen molar-refractivity contribution in [3.8, 4) is 5.75 Å². The van der Waals surface area contributed by atoms with Crippen molar-refractivity contribution in [2.24, 2.45) is 0 Å². The number of aromatic hydroxyl groups is 1. The molecule has 1 rings (SSSR count). The molecule has 1 N–H and O–H groups in total. The molecule has 1 aromatic rings. The molecule has 0 saturated heterocycles. The van der Waals surface area contributed by atoms with Gasteiger partial charge in [0.1, 0.15) is 5.75 Å². The minimum absolute atomic E-state index is 0.368. The van der Waals surface area contributed by atoms with Crippen LogP contribution in [0.3, 0.4) is 0 Å². The van der Waals surface area contributed by atoms with E-state index >= 15 is 0 Å². The maximum atomic E-state index is 8.92. The lowest BCUT2D eigenvalue weighted by molar-refractivity contribution is 0.471. The number of rotatable bonds is 1. The Morgan fingerprint density at radius 3 is 2.15 bits per heavy atom. The van der Waals surface area contributed by atoms with Crippen LogP contribution >= 0.6 is 0 Å². The van der Waals surface area contributed by atoms with Crippen LogP contribution in [-0.4, -0.2) is 5.11 Å². The Bertz CT molecular complexity index is 253. The third kappa shape index (κ3) is 5.74. The fourth-order valence-corrected chi connectivity index (χ4v) is 0.700. The number of phenolic OH excluding ortho intramolecular Hbond substituents is 1. The van der Waals surface area contributed by atoms with Gasteiger partial charge >= 0.3 is 0 Å². The predicted molar refractivity (Wildman–Crippen MR) is 57.9 cm³/mol. The first-order valence-electron chi connectivity index (χ1n) is 4.20. The van der Waals surface area contributed by atoms with Crippen molar-refractivity contribution in [3.05, 3.63) is 54.6 Å². The molecule has 0 fully saturated rings. The van der Waals surface area contributed by atoms with Crippen LogP contribution in [-0.2, 0) is 0 Å². The first-order valence-corrected chi connectivity index (χ1v) is 4.20. The van der Waals surface area contributed by atoms with Crippen LogP contribution in [0.15, 0.2) is 49.1 Å². The zero-order valence-electron chi connectivity index (χ0n) is 8.20. The summed E-state index contributed by atoms with van der Waals surface area (Å²) in [6.07, 6.45) is 5.58. The zero-order valence-corrected chi connectivity index (χ0v) is 8.20.